The Balaban J connectivity index is 2.05. The minimum Gasteiger partial charge on any atom is -0.494 e. The molecule has 2 aromatic rings. The minimum absolute atomic E-state index is 0.0826. The van der Waals surface area contributed by atoms with Crippen LogP contribution < -0.4 is 14.8 Å². The maximum Gasteiger partial charge on any atom is 0.229 e. The van der Waals surface area contributed by atoms with E-state index in [-0.39, 0.29) is 6.04 Å². The first kappa shape index (κ1) is 17.1. The molecule has 2 aromatic carbocycles. The summed E-state index contributed by atoms with van der Waals surface area (Å²) in [5, 5.41) is 3.41. The van der Waals surface area contributed by atoms with Gasteiger partial charge < -0.3 is 10.1 Å². The number of ether oxygens (including phenoxy) is 1. The molecule has 0 bridgehead atoms. The fourth-order valence-electron chi connectivity index (χ4n) is 2.23. The molecule has 0 spiro atoms. The third-order valence-electron chi connectivity index (χ3n) is 3.24. The van der Waals surface area contributed by atoms with Crippen LogP contribution in [0.15, 0.2) is 48.5 Å². The number of benzene rings is 2. The van der Waals surface area contributed by atoms with Crippen LogP contribution in [-0.4, -0.2) is 21.3 Å². The second kappa shape index (κ2) is 7.37. The van der Waals surface area contributed by atoms with Crippen molar-refractivity contribution in [2.45, 2.75) is 19.9 Å². The van der Waals surface area contributed by atoms with Crippen LogP contribution in [0.2, 0.25) is 0 Å². The molecule has 6 heteroatoms. The molecule has 0 radical (unpaired) electrons. The highest BCUT2D eigenvalue weighted by molar-refractivity contribution is 7.92. The van der Waals surface area contributed by atoms with Crippen molar-refractivity contribution in [3.8, 4) is 5.75 Å². The molecule has 23 heavy (non-hydrogen) atoms. The molecule has 1 unspecified atom stereocenters. The number of nitrogens with one attached hydrogen (secondary N) is 2. The molecule has 0 amide bonds. The highest BCUT2D eigenvalue weighted by Crippen LogP contribution is 2.24. The maximum atomic E-state index is 11.2. The van der Waals surface area contributed by atoms with Crippen LogP contribution in [0.1, 0.15) is 25.5 Å². The summed E-state index contributed by atoms with van der Waals surface area (Å²) in [6, 6.07) is 15.2. The van der Waals surface area contributed by atoms with Gasteiger partial charge in [0.25, 0.3) is 0 Å². The number of sulfonamides is 1. The number of hydrogen-bond donors (Lipinski definition) is 2. The number of anilines is 2. The van der Waals surface area contributed by atoms with Crippen LogP contribution in [0.3, 0.4) is 0 Å². The van der Waals surface area contributed by atoms with Crippen LogP contribution in [0, 0.1) is 0 Å². The van der Waals surface area contributed by atoms with Crippen molar-refractivity contribution in [1.29, 1.82) is 0 Å². The lowest BCUT2D eigenvalue weighted by atomic mass is 10.1. The third kappa shape index (κ3) is 5.49. The standard InChI is InChI=1S/C17H22N2O3S/c1-4-22-17-7-5-6-16(12-17)18-13(2)14-8-10-15(11-9-14)19-23(3,20)21/h5-13,18-19H,4H2,1-3H3. The van der Waals surface area contributed by atoms with E-state index in [1.807, 2.05) is 50.2 Å². The topological polar surface area (TPSA) is 67.4 Å². The predicted octanol–water partition coefficient (Wildman–Crippen LogP) is 3.63. The van der Waals surface area contributed by atoms with E-state index in [0.29, 0.717) is 12.3 Å². The molecule has 2 rings (SSSR count). The van der Waals surface area contributed by atoms with Gasteiger partial charge in [-0.2, -0.15) is 0 Å². The van der Waals surface area contributed by atoms with E-state index in [4.69, 9.17) is 4.74 Å². The highest BCUT2D eigenvalue weighted by atomic mass is 32.2. The van der Waals surface area contributed by atoms with Crippen molar-refractivity contribution in [3.05, 3.63) is 54.1 Å². The van der Waals surface area contributed by atoms with Gasteiger partial charge in [0.15, 0.2) is 0 Å². The zero-order valence-electron chi connectivity index (χ0n) is 13.5. The average molecular weight is 334 g/mol. The SMILES string of the molecule is CCOc1cccc(NC(C)c2ccc(NS(C)(=O)=O)cc2)c1. The van der Waals surface area contributed by atoms with Crippen LogP contribution >= 0.6 is 0 Å². The smallest absolute Gasteiger partial charge is 0.229 e. The van der Waals surface area contributed by atoms with Crippen LogP contribution in [-0.2, 0) is 10.0 Å². The third-order valence-corrected chi connectivity index (χ3v) is 3.85. The summed E-state index contributed by atoms with van der Waals surface area (Å²) in [5.74, 6) is 0.831. The molecule has 0 aliphatic rings. The van der Waals surface area contributed by atoms with Gasteiger partial charge in [0, 0.05) is 23.5 Å². The van der Waals surface area contributed by atoms with Crippen molar-refractivity contribution < 1.29 is 13.2 Å². The molecule has 0 aromatic heterocycles. The van der Waals surface area contributed by atoms with E-state index in [9.17, 15) is 8.42 Å². The fourth-order valence-corrected chi connectivity index (χ4v) is 2.79. The highest BCUT2D eigenvalue weighted by Gasteiger charge is 2.07. The first-order chi connectivity index (χ1) is 10.9. The maximum absolute atomic E-state index is 11.2. The van der Waals surface area contributed by atoms with Gasteiger partial charge >= 0.3 is 0 Å². The van der Waals surface area contributed by atoms with Crippen molar-refractivity contribution in [2.75, 3.05) is 22.9 Å². The first-order valence-corrected chi connectivity index (χ1v) is 9.33. The van der Waals surface area contributed by atoms with E-state index in [1.54, 1.807) is 12.1 Å². The average Bonchev–Trinajstić information content (AvgIpc) is 2.47. The Labute approximate surface area is 137 Å². The second-order valence-electron chi connectivity index (χ2n) is 5.32. The Bertz CT molecular complexity index is 743. The van der Waals surface area contributed by atoms with Crippen molar-refractivity contribution in [2.24, 2.45) is 0 Å². The summed E-state index contributed by atoms with van der Waals surface area (Å²) in [7, 11) is -3.25. The van der Waals surface area contributed by atoms with Crippen molar-refractivity contribution >= 4 is 21.4 Å². The van der Waals surface area contributed by atoms with Gasteiger partial charge in [0.2, 0.25) is 10.0 Å². The minimum atomic E-state index is -3.25. The molecule has 5 nitrogen and oxygen atoms in total. The second-order valence-corrected chi connectivity index (χ2v) is 7.07. The van der Waals surface area contributed by atoms with Crippen molar-refractivity contribution in [1.82, 2.24) is 0 Å². The molecular formula is C17H22N2O3S. The van der Waals surface area contributed by atoms with Gasteiger partial charge in [-0.1, -0.05) is 18.2 Å². The predicted molar refractivity (Wildman–Crippen MR) is 94.6 cm³/mol. The summed E-state index contributed by atoms with van der Waals surface area (Å²) in [5.41, 5.74) is 2.59. The normalized spacial score (nSPS) is 12.5. The Morgan fingerprint density at radius 3 is 2.39 bits per heavy atom. The lowest BCUT2D eigenvalue weighted by Gasteiger charge is -2.17. The largest absolute Gasteiger partial charge is 0.494 e. The van der Waals surface area contributed by atoms with E-state index in [2.05, 4.69) is 10.0 Å². The number of hydrogen-bond acceptors (Lipinski definition) is 4. The van der Waals surface area contributed by atoms with Gasteiger partial charge in [-0.25, -0.2) is 8.42 Å². The van der Waals surface area contributed by atoms with E-state index in [1.165, 1.54) is 0 Å². The Kier molecular flexibility index (Phi) is 5.50. The van der Waals surface area contributed by atoms with Gasteiger partial charge in [-0.15, -0.1) is 0 Å². The van der Waals surface area contributed by atoms with E-state index in [0.717, 1.165) is 23.3 Å². The van der Waals surface area contributed by atoms with Crippen LogP contribution in [0.5, 0.6) is 5.75 Å². The van der Waals surface area contributed by atoms with E-state index < -0.39 is 10.0 Å². The van der Waals surface area contributed by atoms with Crippen LogP contribution in [0.25, 0.3) is 0 Å². The molecular weight excluding hydrogens is 312 g/mol. The Morgan fingerprint density at radius 1 is 1.09 bits per heavy atom. The molecule has 0 saturated carbocycles. The van der Waals surface area contributed by atoms with Gasteiger partial charge in [0.05, 0.1) is 12.9 Å². The number of rotatable bonds is 7. The summed E-state index contributed by atoms with van der Waals surface area (Å²) < 4.78 is 30.4. The summed E-state index contributed by atoms with van der Waals surface area (Å²) >= 11 is 0. The molecule has 0 heterocycles. The lowest BCUT2D eigenvalue weighted by Crippen LogP contribution is -2.10. The van der Waals surface area contributed by atoms with Crippen LogP contribution in [0.4, 0.5) is 11.4 Å². The fraction of sp³-hybridized carbons (Fsp3) is 0.294. The van der Waals surface area contributed by atoms with E-state index >= 15 is 0 Å². The summed E-state index contributed by atoms with van der Waals surface area (Å²) in [4.78, 5) is 0. The molecule has 2 N–H and O–H groups in total. The summed E-state index contributed by atoms with van der Waals surface area (Å²) in [6.45, 7) is 4.63. The quantitative estimate of drug-likeness (QED) is 0.811. The molecule has 0 aliphatic heterocycles. The Morgan fingerprint density at radius 2 is 1.78 bits per heavy atom. The Hall–Kier alpha value is -2.21. The summed E-state index contributed by atoms with van der Waals surface area (Å²) in [6.07, 6.45) is 1.14. The molecule has 0 fully saturated rings. The molecule has 0 saturated heterocycles. The molecule has 0 aliphatic carbocycles. The zero-order valence-corrected chi connectivity index (χ0v) is 14.4. The van der Waals surface area contributed by atoms with Gasteiger partial charge in [-0.3, -0.25) is 4.72 Å². The van der Waals surface area contributed by atoms with Crippen molar-refractivity contribution in [3.63, 3.8) is 0 Å². The lowest BCUT2D eigenvalue weighted by molar-refractivity contribution is 0.340. The molecule has 1 atom stereocenters. The first-order valence-electron chi connectivity index (χ1n) is 7.44. The monoisotopic (exact) mass is 334 g/mol. The van der Waals surface area contributed by atoms with Gasteiger partial charge in [0.1, 0.15) is 5.75 Å². The van der Waals surface area contributed by atoms with Gasteiger partial charge in [-0.05, 0) is 43.7 Å². The molecule has 124 valence electrons. The zero-order chi connectivity index (χ0) is 16.9.